The van der Waals surface area contributed by atoms with Crippen molar-refractivity contribution in [2.75, 3.05) is 39.9 Å². The second-order valence-electron chi connectivity index (χ2n) is 7.06. The van der Waals surface area contributed by atoms with Gasteiger partial charge in [0.1, 0.15) is 16.5 Å². The molecule has 1 amide bonds. The molecule has 1 saturated carbocycles. The summed E-state index contributed by atoms with van der Waals surface area (Å²) in [4.78, 5) is 21.4. The number of hydrogen-bond donors (Lipinski definition) is 0. The lowest BCUT2D eigenvalue weighted by Crippen LogP contribution is -2.49. The van der Waals surface area contributed by atoms with Crippen molar-refractivity contribution in [2.45, 2.75) is 25.3 Å². The van der Waals surface area contributed by atoms with Crippen LogP contribution in [0.4, 0.5) is 0 Å². The van der Waals surface area contributed by atoms with E-state index in [1.54, 1.807) is 24.5 Å². The van der Waals surface area contributed by atoms with Crippen LogP contribution in [0.15, 0.2) is 29.6 Å². The summed E-state index contributed by atoms with van der Waals surface area (Å²) in [6, 6.07) is 7.32. The van der Waals surface area contributed by atoms with Gasteiger partial charge < -0.3 is 14.4 Å². The zero-order chi connectivity index (χ0) is 18.6. The Morgan fingerprint density at radius 1 is 1.22 bits per heavy atom. The molecule has 0 atom stereocenters. The Labute approximate surface area is 163 Å². The monoisotopic (exact) mass is 387 g/mol. The van der Waals surface area contributed by atoms with Crippen LogP contribution < -0.4 is 9.47 Å². The number of carbonyl (C=O) groups excluding carboxylic acids is 1. The molecule has 1 saturated heterocycles. The Morgan fingerprint density at radius 3 is 2.74 bits per heavy atom. The lowest BCUT2D eigenvalue weighted by Gasteiger charge is -2.34. The van der Waals surface area contributed by atoms with Gasteiger partial charge in [-0.05, 0) is 25.0 Å². The van der Waals surface area contributed by atoms with Gasteiger partial charge >= 0.3 is 0 Å². The molecule has 0 bridgehead atoms. The van der Waals surface area contributed by atoms with Crippen molar-refractivity contribution in [3.63, 3.8) is 0 Å². The second-order valence-corrected chi connectivity index (χ2v) is 8.01. The van der Waals surface area contributed by atoms with Crippen LogP contribution in [0.5, 0.6) is 11.5 Å². The molecule has 2 fully saturated rings. The first-order valence-electron chi connectivity index (χ1n) is 9.42. The lowest BCUT2D eigenvalue weighted by atomic mass is 10.3. The van der Waals surface area contributed by atoms with E-state index in [1.165, 1.54) is 23.5 Å². The van der Waals surface area contributed by atoms with Gasteiger partial charge in [-0.25, -0.2) is 4.98 Å². The van der Waals surface area contributed by atoms with Gasteiger partial charge in [-0.1, -0.05) is 6.07 Å². The summed E-state index contributed by atoms with van der Waals surface area (Å²) in [7, 11) is 1.61. The van der Waals surface area contributed by atoms with E-state index in [0.717, 1.165) is 38.5 Å². The van der Waals surface area contributed by atoms with Gasteiger partial charge in [0.05, 0.1) is 19.3 Å². The molecule has 144 valence electrons. The SMILES string of the molecule is COc1cccc(OCC(=O)N2CCN(Cc3nc(C4CC4)cs3)CC2)c1. The molecule has 2 heterocycles. The molecule has 2 aliphatic rings. The molecule has 0 spiro atoms. The van der Waals surface area contributed by atoms with E-state index in [4.69, 9.17) is 14.5 Å². The zero-order valence-corrected chi connectivity index (χ0v) is 16.4. The Hall–Kier alpha value is -2.12. The predicted molar refractivity (Wildman–Crippen MR) is 104 cm³/mol. The molecule has 0 radical (unpaired) electrons. The first-order chi connectivity index (χ1) is 13.2. The maximum Gasteiger partial charge on any atom is 0.260 e. The molecule has 0 unspecified atom stereocenters. The number of hydrogen-bond acceptors (Lipinski definition) is 6. The van der Waals surface area contributed by atoms with Crippen molar-refractivity contribution in [1.82, 2.24) is 14.8 Å². The standard InChI is InChI=1S/C20H25N3O3S/c1-25-16-3-2-4-17(11-16)26-13-20(24)23-9-7-22(8-10-23)12-19-21-18(14-27-19)15-5-6-15/h2-4,11,14-15H,5-10,12-13H2,1H3. The number of nitrogens with zero attached hydrogens (tertiary/aromatic N) is 3. The maximum atomic E-state index is 12.4. The number of amides is 1. The average Bonchev–Trinajstić information content (AvgIpc) is 3.46. The van der Waals surface area contributed by atoms with E-state index in [2.05, 4.69) is 10.3 Å². The van der Waals surface area contributed by atoms with E-state index < -0.39 is 0 Å². The summed E-state index contributed by atoms with van der Waals surface area (Å²) < 4.78 is 10.8. The van der Waals surface area contributed by atoms with Crippen LogP contribution in [0.1, 0.15) is 29.5 Å². The van der Waals surface area contributed by atoms with Crippen molar-refractivity contribution in [2.24, 2.45) is 0 Å². The van der Waals surface area contributed by atoms with E-state index in [-0.39, 0.29) is 12.5 Å². The Morgan fingerprint density at radius 2 is 2.00 bits per heavy atom. The number of carbonyl (C=O) groups is 1. The normalized spacial score (nSPS) is 17.7. The Balaban J connectivity index is 1.21. The number of thiazole rings is 1. The summed E-state index contributed by atoms with van der Waals surface area (Å²) in [6.07, 6.45) is 2.59. The summed E-state index contributed by atoms with van der Waals surface area (Å²) in [6.45, 7) is 4.18. The van der Waals surface area contributed by atoms with E-state index in [9.17, 15) is 4.79 Å². The van der Waals surface area contributed by atoms with E-state index in [0.29, 0.717) is 11.7 Å². The third-order valence-corrected chi connectivity index (χ3v) is 5.90. The molecule has 1 aliphatic carbocycles. The average molecular weight is 388 g/mol. The lowest BCUT2D eigenvalue weighted by molar-refractivity contribution is -0.135. The molecule has 7 heteroatoms. The van der Waals surface area contributed by atoms with Crippen molar-refractivity contribution in [3.05, 3.63) is 40.3 Å². The van der Waals surface area contributed by atoms with Gasteiger partial charge in [0.2, 0.25) is 0 Å². The van der Waals surface area contributed by atoms with Crippen LogP contribution in [-0.4, -0.2) is 60.6 Å². The quantitative estimate of drug-likeness (QED) is 0.731. The van der Waals surface area contributed by atoms with Crippen LogP contribution in [0.3, 0.4) is 0 Å². The summed E-state index contributed by atoms with van der Waals surface area (Å²) in [5, 5.41) is 3.40. The number of ether oxygens (including phenoxy) is 2. The predicted octanol–water partition coefficient (Wildman–Crippen LogP) is 2.75. The van der Waals surface area contributed by atoms with Crippen molar-refractivity contribution >= 4 is 17.2 Å². The highest BCUT2D eigenvalue weighted by atomic mass is 32.1. The van der Waals surface area contributed by atoms with E-state index in [1.807, 2.05) is 23.1 Å². The second kappa shape index (κ2) is 8.27. The summed E-state index contributed by atoms with van der Waals surface area (Å²) in [5.74, 6) is 2.12. The first-order valence-corrected chi connectivity index (χ1v) is 10.3. The molecule has 1 aliphatic heterocycles. The van der Waals surface area contributed by atoms with Crippen LogP contribution in [0.2, 0.25) is 0 Å². The molecule has 1 aromatic carbocycles. The van der Waals surface area contributed by atoms with Gasteiger partial charge in [-0.3, -0.25) is 9.69 Å². The van der Waals surface area contributed by atoms with Gasteiger partial charge in [-0.2, -0.15) is 0 Å². The van der Waals surface area contributed by atoms with Crippen LogP contribution in [-0.2, 0) is 11.3 Å². The first kappa shape index (κ1) is 18.3. The van der Waals surface area contributed by atoms with Crippen LogP contribution >= 0.6 is 11.3 Å². The number of benzene rings is 1. The van der Waals surface area contributed by atoms with Crippen molar-refractivity contribution in [1.29, 1.82) is 0 Å². The van der Waals surface area contributed by atoms with Crippen molar-refractivity contribution < 1.29 is 14.3 Å². The van der Waals surface area contributed by atoms with E-state index >= 15 is 0 Å². The maximum absolute atomic E-state index is 12.4. The molecule has 6 nitrogen and oxygen atoms in total. The molecule has 27 heavy (non-hydrogen) atoms. The Kier molecular flexibility index (Phi) is 5.59. The molecule has 4 rings (SSSR count). The van der Waals surface area contributed by atoms with Crippen LogP contribution in [0.25, 0.3) is 0 Å². The third kappa shape index (κ3) is 4.78. The highest BCUT2D eigenvalue weighted by molar-refractivity contribution is 7.09. The van der Waals surface area contributed by atoms with Gasteiger partial charge in [0.15, 0.2) is 6.61 Å². The fraction of sp³-hybridized carbons (Fsp3) is 0.500. The number of methoxy groups -OCH3 is 1. The largest absolute Gasteiger partial charge is 0.497 e. The minimum Gasteiger partial charge on any atom is -0.497 e. The highest BCUT2D eigenvalue weighted by Crippen LogP contribution is 2.40. The minimum atomic E-state index is 0.0303. The topological polar surface area (TPSA) is 54.9 Å². The highest BCUT2D eigenvalue weighted by Gasteiger charge is 2.27. The summed E-state index contributed by atoms with van der Waals surface area (Å²) in [5.41, 5.74) is 1.28. The van der Waals surface area contributed by atoms with Crippen molar-refractivity contribution in [3.8, 4) is 11.5 Å². The van der Waals surface area contributed by atoms with Crippen LogP contribution in [0, 0.1) is 0 Å². The van der Waals surface area contributed by atoms with Gasteiger partial charge in [0, 0.05) is 43.5 Å². The smallest absolute Gasteiger partial charge is 0.260 e. The number of rotatable bonds is 7. The molecular weight excluding hydrogens is 362 g/mol. The number of aromatic nitrogens is 1. The minimum absolute atomic E-state index is 0.0303. The molecule has 1 aromatic heterocycles. The fourth-order valence-corrected chi connectivity index (χ4v) is 4.16. The van der Waals surface area contributed by atoms with Gasteiger partial charge in [0.25, 0.3) is 5.91 Å². The molecule has 2 aromatic rings. The third-order valence-electron chi connectivity index (χ3n) is 5.05. The molecular formula is C20H25N3O3S. The Bertz CT molecular complexity index is 782. The fourth-order valence-electron chi connectivity index (χ4n) is 3.24. The van der Waals surface area contributed by atoms with Gasteiger partial charge in [-0.15, -0.1) is 11.3 Å². The summed E-state index contributed by atoms with van der Waals surface area (Å²) >= 11 is 1.76. The zero-order valence-electron chi connectivity index (χ0n) is 15.6. The molecule has 0 N–H and O–H groups in total. The number of piperazine rings is 1.